The van der Waals surface area contributed by atoms with Gasteiger partial charge in [-0.25, -0.2) is 17.5 Å². The first-order valence-electron chi connectivity index (χ1n) is 15.7. The van der Waals surface area contributed by atoms with Gasteiger partial charge in [-0.3, -0.25) is 9.35 Å². The summed E-state index contributed by atoms with van der Waals surface area (Å²) < 4.78 is 86.5. The molecule has 1 aromatic heterocycles. The number of rotatable bonds is 9. The van der Waals surface area contributed by atoms with Gasteiger partial charge in [0.05, 0.1) is 19.8 Å². The number of fused-ring (bicyclic) bond motifs is 3. The zero-order valence-electron chi connectivity index (χ0n) is 27.1. The standard InChI is InChI=1S/C27H26FN3O5S.C8H7BrO4S/c1-29-27(33)19-9-17(10-21(28)11-19)18-8-16-6-7-36-26(16)25(13-18)37(34,35)31-22(15-32)12-20-14-30-24-5-3-2-4-23(20)24;9-6-3-5-1-2-13-8(5)7(4-6)14(10,11)12/h2-5,8-11,13-14,22,30-32H,6-7,12,15H2,1H3,(H,29,33);3-4H,1-2H2,(H,10,11,12)/t22-;/m1./s1. The second kappa shape index (κ2) is 14.7. The Hall–Kier alpha value is -4.32. The van der Waals surface area contributed by atoms with Crippen LogP contribution in [0.2, 0.25) is 0 Å². The fourth-order valence-corrected chi connectivity index (χ4v) is 8.89. The average Bonchev–Trinajstić information content (AvgIpc) is 3.86. The Bertz CT molecular complexity index is 2370. The number of aromatic nitrogens is 1. The Morgan fingerprint density at radius 1 is 0.941 bits per heavy atom. The summed E-state index contributed by atoms with van der Waals surface area (Å²) in [6.45, 7) is 0.349. The zero-order chi connectivity index (χ0) is 36.5. The highest BCUT2D eigenvalue weighted by atomic mass is 79.9. The monoisotopic (exact) mass is 801 g/mol. The van der Waals surface area contributed by atoms with Gasteiger partial charge in [0.15, 0.2) is 0 Å². The van der Waals surface area contributed by atoms with Crippen LogP contribution in [-0.2, 0) is 39.4 Å². The maximum Gasteiger partial charge on any atom is 0.298 e. The van der Waals surface area contributed by atoms with Crippen LogP contribution in [0.4, 0.5) is 4.39 Å². The van der Waals surface area contributed by atoms with E-state index in [-0.39, 0.29) is 33.3 Å². The summed E-state index contributed by atoms with van der Waals surface area (Å²) in [5.74, 6) is -0.559. The molecule has 51 heavy (non-hydrogen) atoms. The summed E-state index contributed by atoms with van der Waals surface area (Å²) in [5.41, 5.74) is 4.17. The fraction of sp³-hybridized carbons (Fsp3) is 0.229. The van der Waals surface area contributed by atoms with Gasteiger partial charge in [0.1, 0.15) is 27.1 Å². The molecule has 0 saturated heterocycles. The van der Waals surface area contributed by atoms with Crippen LogP contribution in [0.3, 0.4) is 0 Å². The maximum absolute atomic E-state index is 14.4. The smallest absolute Gasteiger partial charge is 0.298 e. The first kappa shape index (κ1) is 36.5. The number of benzene rings is 4. The summed E-state index contributed by atoms with van der Waals surface area (Å²) in [6.07, 6.45) is 3.22. The number of para-hydroxylation sites is 1. The number of hydrogen-bond donors (Lipinski definition) is 5. The third kappa shape index (κ3) is 7.95. The van der Waals surface area contributed by atoms with Crippen LogP contribution in [0.1, 0.15) is 27.0 Å². The van der Waals surface area contributed by atoms with E-state index < -0.39 is 44.5 Å². The van der Waals surface area contributed by atoms with Gasteiger partial charge >= 0.3 is 0 Å². The molecular formula is C35H33BrFN3O9S2. The molecule has 2 aliphatic heterocycles. The third-order valence-corrected chi connectivity index (χ3v) is 11.3. The van der Waals surface area contributed by atoms with Gasteiger partial charge in [-0.05, 0) is 77.2 Å². The number of hydrogen-bond acceptors (Lipinski definition) is 8. The zero-order valence-corrected chi connectivity index (χ0v) is 30.3. The van der Waals surface area contributed by atoms with Gasteiger partial charge in [-0.2, -0.15) is 8.42 Å². The molecule has 1 atom stereocenters. The van der Waals surface area contributed by atoms with Crippen molar-refractivity contribution >= 4 is 52.9 Å². The number of aromatic amines is 1. The van der Waals surface area contributed by atoms with Gasteiger partial charge in [0.25, 0.3) is 16.0 Å². The summed E-state index contributed by atoms with van der Waals surface area (Å²) in [4.78, 5) is 15.0. The number of sulfonamides is 1. The molecule has 12 nitrogen and oxygen atoms in total. The number of aliphatic hydroxyl groups excluding tert-OH is 1. The Balaban J connectivity index is 0.000000267. The first-order valence-corrected chi connectivity index (χ1v) is 19.4. The molecule has 5 aromatic rings. The van der Waals surface area contributed by atoms with Crippen molar-refractivity contribution in [2.24, 2.45) is 0 Å². The fourth-order valence-electron chi connectivity index (χ4n) is 6.09. The molecule has 5 N–H and O–H groups in total. The largest absolute Gasteiger partial charge is 0.492 e. The number of carbonyl (C=O) groups excluding carboxylic acids is 1. The van der Waals surface area contributed by atoms with Gasteiger partial charge in [0, 0.05) is 58.6 Å². The van der Waals surface area contributed by atoms with E-state index >= 15 is 0 Å². The second-order valence-corrected chi connectivity index (χ2v) is 15.9. The molecule has 3 heterocycles. The minimum absolute atomic E-state index is 0.0966. The molecule has 0 aliphatic carbocycles. The molecule has 268 valence electrons. The Morgan fingerprint density at radius 2 is 1.61 bits per heavy atom. The topological polar surface area (TPSA) is 184 Å². The Labute approximate surface area is 301 Å². The summed E-state index contributed by atoms with van der Waals surface area (Å²) in [6, 6.07) is 17.0. The predicted octanol–water partition coefficient (Wildman–Crippen LogP) is 4.78. The molecule has 0 fully saturated rings. The quantitative estimate of drug-likeness (QED) is 0.131. The number of nitrogens with one attached hydrogen (secondary N) is 3. The van der Waals surface area contributed by atoms with Crippen LogP contribution in [0.15, 0.2) is 87.2 Å². The van der Waals surface area contributed by atoms with Crippen molar-refractivity contribution < 1.29 is 45.2 Å². The lowest BCUT2D eigenvalue weighted by Gasteiger charge is -2.18. The van der Waals surface area contributed by atoms with Crippen molar-refractivity contribution in [3.63, 3.8) is 0 Å². The molecule has 7 rings (SSSR count). The molecule has 1 amide bonds. The Kier molecular flexibility index (Phi) is 10.5. The van der Waals surface area contributed by atoms with Crippen molar-refractivity contribution in [1.29, 1.82) is 0 Å². The number of H-pyrrole nitrogens is 1. The molecule has 0 bridgehead atoms. The van der Waals surface area contributed by atoms with Crippen molar-refractivity contribution in [3.8, 4) is 22.6 Å². The van der Waals surface area contributed by atoms with Crippen molar-refractivity contribution in [1.82, 2.24) is 15.0 Å². The first-order chi connectivity index (χ1) is 24.3. The highest BCUT2D eigenvalue weighted by molar-refractivity contribution is 9.10. The van der Waals surface area contributed by atoms with E-state index in [1.807, 2.05) is 24.3 Å². The highest BCUT2D eigenvalue weighted by Crippen LogP contribution is 2.38. The van der Waals surface area contributed by atoms with E-state index in [9.17, 15) is 31.1 Å². The van der Waals surface area contributed by atoms with E-state index in [2.05, 4.69) is 31.0 Å². The minimum Gasteiger partial charge on any atom is -0.492 e. The molecule has 0 spiro atoms. The summed E-state index contributed by atoms with van der Waals surface area (Å²) in [5, 5.41) is 13.4. The second-order valence-electron chi connectivity index (χ2n) is 11.9. The lowest BCUT2D eigenvalue weighted by Crippen LogP contribution is -2.39. The number of aliphatic hydroxyl groups is 1. The number of halogens is 2. The predicted molar refractivity (Wildman–Crippen MR) is 191 cm³/mol. The number of amides is 1. The Morgan fingerprint density at radius 3 is 2.29 bits per heavy atom. The molecule has 0 saturated carbocycles. The van der Waals surface area contributed by atoms with Crippen LogP contribution >= 0.6 is 15.9 Å². The highest BCUT2D eigenvalue weighted by Gasteiger charge is 2.30. The van der Waals surface area contributed by atoms with Crippen LogP contribution < -0.4 is 19.5 Å². The van der Waals surface area contributed by atoms with Gasteiger partial charge in [-0.15, -0.1) is 0 Å². The maximum atomic E-state index is 14.4. The SMILES string of the molecule is CNC(=O)c1cc(F)cc(-c2cc3c(c(S(=O)(=O)N[C@@H](CO)Cc4c[nH]c5ccccc45)c2)OCC3)c1.O=S(=O)(O)c1cc(Br)cc2c1OCC2. The van der Waals surface area contributed by atoms with Gasteiger partial charge in [-0.1, -0.05) is 34.1 Å². The average molecular weight is 803 g/mol. The van der Waals surface area contributed by atoms with Gasteiger partial charge in [0.2, 0.25) is 10.0 Å². The van der Waals surface area contributed by atoms with Crippen LogP contribution in [0, 0.1) is 5.82 Å². The van der Waals surface area contributed by atoms with Crippen LogP contribution in [-0.4, -0.2) is 70.3 Å². The lowest BCUT2D eigenvalue weighted by atomic mass is 9.99. The molecule has 4 aromatic carbocycles. The van der Waals surface area contributed by atoms with Gasteiger partial charge < -0.3 is 24.9 Å². The number of ether oxygens (including phenoxy) is 2. The summed E-state index contributed by atoms with van der Waals surface area (Å²) >= 11 is 3.18. The molecular weight excluding hydrogens is 769 g/mol. The molecule has 0 radical (unpaired) electrons. The van der Waals surface area contributed by atoms with E-state index in [0.29, 0.717) is 47.2 Å². The van der Waals surface area contributed by atoms with Crippen LogP contribution in [0.5, 0.6) is 11.5 Å². The van der Waals surface area contributed by atoms with Crippen LogP contribution in [0.25, 0.3) is 22.0 Å². The van der Waals surface area contributed by atoms with Crippen molar-refractivity contribution in [3.05, 3.63) is 105 Å². The summed E-state index contributed by atoms with van der Waals surface area (Å²) in [7, 11) is -6.90. The third-order valence-electron chi connectivity index (χ3n) is 8.44. The van der Waals surface area contributed by atoms with E-state index in [1.165, 1.54) is 31.3 Å². The minimum atomic E-state index is -4.21. The lowest BCUT2D eigenvalue weighted by molar-refractivity contribution is 0.0962. The van der Waals surface area contributed by atoms with E-state index in [4.69, 9.17) is 14.0 Å². The normalized spacial score (nSPS) is 14.1. The molecule has 0 unspecified atom stereocenters. The molecule has 16 heteroatoms. The van der Waals surface area contributed by atoms with E-state index in [1.54, 1.807) is 18.3 Å². The number of carbonyl (C=O) groups is 1. The van der Waals surface area contributed by atoms with E-state index in [0.717, 1.165) is 28.1 Å². The molecule has 2 aliphatic rings. The van der Waals surface area contributed by atoms with Crippen molar-refractivity contribution in [2.75, 3.05) is 26.9 Å². The van der Waals surface area contributed by atoms with Crippen molar-refractivity contribution in [2.45, 2.75) is 35.1 Å².